The molecule has 0 radical (unpaired) electrons. The summed E-state index contributed by atoms with van der Waals surface area (Å²) in [5.74, 6) is 0. The number of rotatable bonds is 1. The van der Waals surface area contributed by atoms with Crippen molar-refractivity contribution in [2.24, 2.45) is 0 Å². The second-order valence-electron chi connectivity index (χ2n) is 2.04. The van der Waals surface area contributed by atoms with E-state index in [1.807, 2.05) is 0 Å². The topological polar surface area (TPSA) is 80.4 Å². The van der Waals surface area contributed by atoms with E-state index in [2.05, 4.69) is 0 Å². The number of nitrogen functional groups attached to an aromatic ring is 1. The van der Waals surface area contributed by atoms with E-state index in [0.29, 0.717) is 5.69 Å². The molecule has 0 heterocycles. The van der Waals surface area contributed by atoms with Crippen molar-refractivity contribution in [3.05, 3.63) is 24.3 Å². The van der Waals surface area contributed by atoms with Gasteiger partial charge in [0.05, 0.1) is 4.90 Å². The van der Waals surface area contributed by atoms with Gasteiger partial charge in [0.25, 0.3) is 10.1 Å². The minimum atomic E-state index is -4.08. The maximum absolute atomic E-state index is 10.5. The molecule has 0 spiro atoms. The molecule has 4 nitrogen and oxygen atoms in total. The van der Waals surface area contributed by atoms with E-state index in [1.54, 1.807) is 0 Å². The fourth-order valence-corrected chi connectivity index (χ4v) is 1.12. The van der Waals surface area contributed by atoms with Gasteiger partial charge in [0.15, 0.2) is 0 Å². The molecule has 7 heteroatoms. The molecule has 13 heavy (non-hydrogen) atoms. The van der Waals surface area contributed by atoms with Gasteiger partial charge in [-0.05, 0) is 24.3 Å². The van der Waals surface area contributed by atoms with Crippen LogP contribution in [0.1, 0.15) is 0 Å². The van der Waals surface area contributed by atoms with Crippen molar-refractivity contribution in [3.8, 4) is 0 Å². The van der Waals surface area contributed by atoms with E-state index in [4.69, 9.17) is 10.3 Å². The molecule has 0 unspecified atom stereocenters. The molecule has 64 valence electrons. The van der Waals surface area contributed by atoms with E-state index < -0.39 is 10.1 Å². The molecule has 0 atom stereocenters. The van der Waals surface area contributed by atoms with Crippen LogP contribution in [0, 0.1) is 0 Å². The molecule has 1 aromatic rings. The van der Waals surface area contributed by atoms with Gasteiger partial charge in [0.1, 0.15) is 0 Å². The van der Waals surface area contributed by atoms with E-state index in [9.17, 15) is 8.42 Å². The molecule has 0 aliphatic rings. The van der Waals surface area contributed by atoms with Crippen LogP contribution in [-0.4, -0.2) is 72.1 Å². The van der Waals surface area contributed by atoms with E-state index >= 15 is 0 Å². The van der Waals surface area contributed by atoms with Crippen LogP contribution in [0.15, 0.2) is 29.2 Å². The second-order valence-corrected chi connectivity index (χ2v) is 3.47. The minimum absolute atomic E-state index is 0. The summed E-state index contributed by atoms with van der Waals surface area (Å²) < 4.78 is 29.4. The number of hydrogen-bond donors (Lipinski definition) is 2. The molecule has 1 aromatic carbocycles. The third kappa shape index (κ3) is 5.39. The van der Waals surface area contributed by atoms with Crippen molar-refractivity contribution < 1.29 is 13.0 Å². The standard InChI is InChI=1S/C6H7NO3S.2Na.2H/c7-5-1-3-6(4-2-5)11(8,9)10;;;;/h1-4H,7H2,(H,8,9,10);;;;. The zero-order valence-corrected chi connectivity index (χ0v) is 6.38. The monoisotopic (exact) mass is 221 g/mol. The Morgan fingerprint density at radius 3 is 1.77 bits per heavy atom. The van der Waals surface area contributed by atoms with E-state index in [-0.39, 0.29) is 64.0 Å². The Morgan fingerprint density at radius 1 is 1.08 bits per heavy atom. The normalized spacial score (nSPS) is 9.62. The van der Waals surface area contributed by atoms with Gasteiger partial charge in [0.2, 0.25) is 0 Å². The Bertz CT molecular complexity index is 349. The van der Waals surface area contributed by atoms with Gasteiger partial charge >= 0.3 is 59.1 Å². The van der Waals surface area contributed by atoms with Gasteiger partial charge in [0, 0.05) is 5.69 Å². The summed E-state index contributed by atoms with van der Waals surface area (Å²) in [7, 11) is -4.08. The molecule has 0 fully saturated rings. The molecule has 0 aliphatic heterocycles. The summed E-state index contributed by atoms with van der Waals surface area (Å²) in [4.78, 5) is -0.147. The first-order chi connectivity index (χ1) is 5.00. The van der Waals surface area contributed by atoms with Crippen molar-refractivity contribution in [2.75, 3.05) is 5.73 Å². The molecule has 1 rings (SSSR count). The molecule has 0 aliphatic carbocycles. The molecule has 0 saturated heterocycles. The van der Waals surface area contributed by atoms with Crippen LogP contribution in [0.4, 0.5) is 5.69 Å². The summed E-state index contributed by atoms with van der Waals surface area (Å²) in [6.07, 6.45) is 0. The number of benzene rings is 1. The number of hydrogen-bond acceptors (Lipinski definition) is 3. The first-order valence-corrected chi connectivity index (χ1v) is 4.27. The van der Waals surface area contributed by atoms with Gasteiger partial charge in [-0.2, -0.15) is 8.42 Å². The third-order valence-electron chi connectivity index (χ3n) is 1.18. The van der Waals surface area contributed by atoms with Crippen LogP contribution in [0.3, 0.4) is 0 Å². The van der Waals surface area contributed by atoms with Crippen molar-refractivity contribution in [1.82, 2.24) is 0 Å². The average molecular weight is 221 g/mol. The zero-order valence-electron chi connectivity index (χ0n) is 5.56. The van der Waals surface area contributed by atoms with Gasteiger partial charge in [-0.15, -0.1) is 0 Å². The van der Waals surface area contributed by atoms with Crippen molar-refractivity contribution in [2.45, 2.75) is 4.90 Å². The van der Waals surface area contributed by atoms with Crippen LogP contribution in [0.2, 0.25) is 0 Å². The third-order valence-corrected chi connectivity index (χ3v) is 2.05. The summed E-state index contributed by atoms with van der Waals surface area (Å²) in [6.45, 7) is 0. The Labute approximate surface area is 121 Å². The predicted octanol–water partition coefficient (Wildman–Crippen LogP) is -0.782. The Morgan fingerprint density at radius 2 is 1.46 bits per heavy atom. The predicted molar refractivity (Wildman–Crippen MR) is 55.0 cm³/mol. The molecular formula is C6H9NNa2O3S. The Balaban J connectivity index is 0. The van der Waals surface area contributed by atoms with Gasteiger partial charge in [-0.3, -0.25) is 4.55 Å². The average Bonchev–Trinajstić information content (AvgIpc) is 1.86. The molecule has 0 bridgehead atoms. The molecule has 0 saturated carbocycles. The van der Waals surface area contributed by atoms with Crippen LogP contribution in [0.25, 0.3) is 0 Å². The SMILES string of the molecule is Nc1ccc(S(=O)(=O)O)cc1.[NaH].[NaH]. The quantitative estimate of drug-likeness (QED) is 0.370. The summed E-state index contributed by atoms with van der Waals surface area (Å²) >= 11 is 0. The Hall–Kier alpha value is 0.930. The number of nitrogens with two attached hydrogens (primary N) is 1. The molecule has 0 aromatic heterocycles. The fourth-order valence-electron chi connectivity index (χ4n) is 0.640. The van der Waals surface area contributed by atoms with Gasteiger partial charge < -0.3 is 5.73 Å². The Kier molecular flexibility index (Phi) is 8.08. The molecule has 0 amide bonds. The van der Waals surface area contributed by atoms with E-state index in [1.165, 1.54) is 24.3 Å². The summed E-state index contributed by atoms with van der Waals surface area (Å²) in [5.41, 5.74) is 5.75. The van der Waals surface area contributed by atoms with Crippen molar-refractivity contribution >= 4 is 74.9 Å². The van der Waals surface area contributed by atoms with E-state index in [0.717, 1.165) is 0 Å². The maximum atomic E-state index is 10.5. The van der Waals surface area contributed by atoms with Gasteiger partial charge in [-0.25, -0.2) is 0 Å². The first kappa shape index (κ1) is 16.4. The van der Waals surface area contributed by atoms with Crippen LogP contribution >= 0.6 is 0 Å². The van der Waals surface area contributed by atoms with Crippen molar-refractivity contribution in [3.63, 3.8) is 0 Å². The fraction of sp³-hybridized carbons (Fsp3) is 0. The van der Waals surface area contributed by atoms with Crippen molar-refractivity contribution in [1.29, 1.82) is 0 Å². The summed E-state index contributed by atoms with van der Waals surface area (Å²) in [6, 6.07) is 5.29. The summed E-state index contributed by atoms with van der Waals surface area (Å²) in [5, 5.41) is 0. The van der Waals surface area contributed by atoms with Crippen LogP contribution < -0.4 is 5.73 Å². The molecule has 3 N–H and O–H groups in total. The first-order valence-electron chi connectivity index (χ1n) is 2.83. The second kappa shape index (κ2) is 6.42. The van der Waals surface area contributed by atoms with Gasteiger partial charge in [-0.1, -0.05) is 0 Å². The van der Waals surface area contributed by atoms with Crippen LogP contribution in [0.5, 0.6) is 0 Å². The zero-order chi connectivity index (χ0) is 8.48. The van der Waals surface area contributed by atoms with Crippen LogP contribution in [-0.2, 0) is 10.1 Å². The molecular weight excluding hydrogens is 212 g/mol. The number of anilines is 1.